The quantitative estimate of drug-likeness (QED) is 0.417. The summed E-state index contributed by atoms with van der Waals surface area (Å²) in [5.41, 5.74) is -1.01. The van der Waals surface area contributed by atoms with Crippen LogP contribution in [0.15, 0.2) is 53.3 Å². The highest BCUT2D eigenvalue weighted by molar-refractivity contribution is 5.29. The fourth-order valence-electron chi connectivity index (χ4n) is 4.52. The lowest BCUT2D eigenvalue weighted by Gasteiger charge is -2.42. The number of aliphatic hydroxyl groups is 1. The Hall–Kier alpha value is -3.02. The minimum Gasteiger partial charge on any atom is -0.393 e. The molecule has 4 rings (SSSR count). The third-order valence-electron chi connectivity index (χ3n) is 6.47. The molecule has 1 atom stereocenters. The SMILES string of the molecule is O=c1[nH]nc(CN2CCC(COC(CO)c3cc(F)cc(C(F)(F)F)c3)(c3ccccc3)CC2)[nH]1. The molecule has 3 aromatic rings. The van der Waals surface area contributed by atoms with E-state index in [1.165, 1.54) is 0 Å². The van der Waals surface area contributed by atoms with E-state index >= 15 is 0 Å². The number of alkyl halides is 3. The molecule has 188 valence electrons. The Labute approximate surface area is 198 Å². The zero-order valence-corrected chi connectivity index (χ0v) is 18.8. The molecule has 0 radical (unpaired) electrons. The summed E-state index contributed by atoms with van der Waals surface area (Å²) >= 11 is 0. The average molecular weight is 494 g/mol. The lowest BCUT2D eigenvalue weighted by molar-refractivity contribution is -0.138. The summed E-state index contributed by atoms with van der Waals surface area (Å²) in [6, 6.07) is 11.8. The highest BCUT2D eigenvalue weighted by atomic mass is 19.4. The number of halogens is 4. The van der Waals surface area contributed by atoms with Gasteiger partial charge in [0, 0.05) is 5.41 Å². The summed E-state index contributed by atoms with van der Waals surface area (Å²) < 4.78 is 59.4. The van der Waals surface area contributed by atoms with Gasteiger partial charge in [-0.3, -0.25) is 9.88 Å². The average Bonchev–Trinajstić information content (AvgIpc) is 3.25. The van der Waals surface area contributed by atoms with Gasteiger partial charge >= 0.3 is 11.9 Å². The zero-order chi connectivity index (χ0) is 25.1. The zero-order valence-electron chi connectivity index (χ0n) is 18.8. The van der Waals surface area contributed by atoms with Crippen LogP contribution in [0.25, 0.3) is 0 Å². The van der Waals surface area contributed by atoms with Crippen molar-refractivity contribution in [1.29, 1.82) is 0 Å². The van der Waals surface area contributed by atoms with Crippen LogP contribution in [-0.4, -0.2) is 51.5 Å². The molecule has 0 amide bonds. The number of aliphatic hydroxyl groups excluding tert-OH is 1. The third kappa shape index (κ3) is 5.98. The van der Waals surface area contributed by atoms with Crippen molar-refractivity contribution in [3.8, 4) is 0 Å². The number of H-pyrrole nitrogens is 2. The normalized spacial score (nSPS) is 17.4. The standard InChI is InChI=1S/C24H26F4N4O3/c25-19-11-16(10-18(12-19)24(26,27)28)20(14-33)35-15-23(17-4-2-1-3-5-17)6-8-32(9-7-23)13-21-29-22(34)31-30-21/h1-5,10-12,20,33H,6-9,13-15H2,(H2,29,30,31,34). The molecule has 35 heavy (non-hydrogen) atoms. The fraction of sp³-hybridized carbons (Fsp3) is 0.417. The molecule has 1 aromatic heterocycles. The maximum Gasteiger partial charge on any atom is 0.416 e. The number of benzene rings is 2. The van der Waals surface area contributed by atoms with Crippen LogP contribution in [0.5, 0.6) is 0 Å². The van der Waals surface area contributed by atoms with Gasteiger partial charge in [-0.15, -0.1) is 0 Å². The highest BCUT2D eigenvalue weighted by Crippen LogP contribution is 2.38. The number of piperidine rings is 1. The minimum atomic E-state index is -4.71. The molecule has 0 aliphatic carbocycles. The van der Waals surface area contributed by atoms with Crippen molar-refractivity contribution in [3.05, 3.63) is 87.3 Å². The van der Waals surface area contributed by atoms with Crippen LogP contribution < -0.4 is 5.69 Å². The first-order valence-corrected chi connectivity index (χ1v) is 11.2. The van der Waals surface area contributed by atoms with Crippen LogP contribution in [0.3, 0.4) is 0 Å². The van der Waals surface area contributed by atoms with E-state index in [1.54, 1.807) is 0 Å². The van der Waals surface area contributed by atoms with Crippen molar-refractivity contribution in [2.75, 3.05) is 26.3 Å². The lowest BCUT2D eigenvalue weighted by Crippen LogP contribution is -2.45. The van der Waals surface area contributed by atoms with Crippen molar-refractivity contribution >= 4 is 0 Å². The van der Waals surface area contributed by atoms with Gasteiger partial charge in [-0.2, -0.15) is 18.3 Å². The molecular weight excluding hydrogens is 468 g/mol. The van der Waals surface area contributed by atoms with E-state index in [2.05, 4.69) is 20.1 Å². The summed E-state index contributed by atoms with van der Waals surface area (Å²) in [4.78, 5) is 16.1. The van der Waals surface area contributed by atoms with Crippen molar-refractivity contribution < 1.29 is 27.4 Å². The molecule has 1 unspecified atom stereocenters. The predicted molar refractivity (Wildman–Crippen MR) is 119 cm³/mol. The maximum atomic E-state index is 13.9. The van der Waals surface area contributed by atoms with Gasteiger partial charge in [0.25, 0.3) is 0 Å². The van der Waals surface area contributed by atoms with Gasteiger partial charge in [0.1, 0.15) is 17.7 Å². The van der Waals surface area contributed by atoms with Crippen molar-refractivity contribution in [2.45, 2.75) is 37.1 Å². The van der Waals surface area contributed by atoms with E-state index in [9.17, 15) is 27.5 Å². The summed E-state index contributed by atoms with van der Waals surface area (Å²) in [7, 11) is 0. The maximum absolute atomic E-state index is 13.9. The van der Waals surface area contributed by atoms with Crippen molar-refractivity contribution in [2.24, 2.45) is 0 Å². The third-order valence-corrected chi connectivity index (χ3v) is 6.47. The molecule has 0 bridgehead atoms. The molecule has 1 aliphatic rings. The van der Waals surface area contributed by atoms with Crippen LogP contribution in [0, 0.1) is 5.82 Å². The van der Waals surface area contributed by atoms with Crippen LogP contribution in [0.4, 0.5) is 17.6 Å². The lowest BCUT2D eigenvalue weighted by atomic mass is 9.73. The van der Waals surface area contributed by atoms with Gasteiger partial charge in [-0.1, -0.05) is 30.3 Å². The molecule has 2 heterocycles. The number of aromatic amines is 2. The Balaban J connectivity index is 1.52. The van der Waals surface area contributed by atoms with Crippen molar-refractivity contribution in [1.82, 2.24) is 20.1 Å². The molecular formula is C24H26F4N4O3. The summed E-state index contributed by atoms with van der Waals surface area (Å²) in [6.07, 6.45) is -4.49. The largest absolute Gasteiger partial charge is 0.416 e. The molecule has 1 fully saturated rings. The number of rotatable bonds is 8. The Morgan fingerprint density at radius 3 is 2.46 bits per heavy atom. The number of ether oxygens (including phenoxy) is 1. The van der Waals surface area contributed by atoms with E-state index in [0.717, 1.165) is 17.7 Å². The Bertz CT molecular complexity index is 1170. The number of likely N-dealkylation sites (tertiary alicyclic amines) is 1. The first-order valence-electron chi connectivity index (χ1n) is 11.2. The molecule has 2 aromatic carbocycles. The van der Waals surface area contributed by atoms with Gasteiger partial charge < -0.3 is 9.84 Å². The van der Waals surface area contributed by atoms with Crippen LogP contribution in [0.1, 0.15) is 41.5 Å². The molecule has 0 spiro atoms. The number of nitrogens with zero attached hydrogens (tertiary/aromatic N) is 2. The molecule has 7 nitrogen and oxygen atoms in total. The predicted octanol–water partition coefficient (Wildman–Crippen LogP) is 3.54. The molecule has 11 heteroatoms. The number of aromatic nitrogens is 3. The van der Waals surface area contributed by atoms with E-state index in [0.29, 0.717) is 44.4 Å². The number of nitrogens with one attached hydrogen (secondary N) is 2. The fourth-order valence-corrected chi connectivity index (χ4v) is 4.52. The monoisotopic (exact) mass is 494 g/mol. The first-order chi connectivity index (χ1) is 16.7. The van der Waals surface area contributed by atoms with E-state index < -0.39 is 35.7 Å². The Kier molecular flexibility index (Phi) is 7.39. The van der Waals surface area contributed by atoms with Gasteiger partial charge in [-0.05, 0) is 55.3 Å². The Morgan fingerprint density at radius 2 is 1.86 bits per heavy atom. The van der Waals surface area contributed by atoms with E-state index in [-0.39, 0.29) is 17.9 Å². The van der Waals surface area contributed by atoms with Crippen LogP contribution in [-0.2, 0) is 22.9 Å². The van der Waals surface area contributed by atoms with Crippen LogP contribution >= 0.6 is 0 Å². The molecule has 0 saturated carbocycles. The summed E-state index contributed by atoms with van der Waals surface area (Å²) in [5, 5.41) is 16.2. The smallest absolute Gasteiger partial charge is 0.393 e. The second-order valence-corrected chi connectivity index (χ2v) is 8.80. The second-order valence-electron chi connectivity index (χ2n) is 8.80. The van der Waals surface area contributed by atoms with E-state index in [4.69, 9.17) is 4.74 Å². The summed E-state index contributed by atoms with van der Waals surface area (Å²) in [5.74, 6) is -0.509. The molecule has 1 saturated heterocycles. The molecule has 3 N–H and O–H groups in total. The van der Waals surface area contributed by atoms with Gasteiger partial charge in [0.2, 0.25) is 0 Å². The van der Waals surface area contributed by atoms with E-state index in [1.807, 2.05) is 30.3 Å². The van der Waals surface area contributed by atoms with Crippen LogP contribution in [0.2, 0.25) is 0 Å². The summed E-state index contributed by atoms with van der Waals surface area (Å²) in [6.45, 7) is 1.33. The van der Waals surface area contributed by atoms with Crippen molar-refractivity contribution in [3.63, 3.8) is 0 Å². The van der Waals surface area contributed by atoms with Gasteiger partial charge in [0.15, 0.2) is 0 Å². The Morgan fingerprint density at radius 1 is 1.14 bits per heavy atom. The topological polar surface area (TPSA) is 94.2 Å². The number of hydrogen-bond acceptors (Lipinski definition) is 5. The number of hydrogen-bond donors (Lipinski definition) is 3. The van der Waals surface area contributed by atoms with Gasteiger partial charge in [0.05, 0.1) is 25.3 Å². The minimum absolute atomic E-state index is 0.0667. The highest BCUT2D eigenvalue weighted by Gasteiger charge is 2.38. The first kappa shape index (κ1) is 25.1. The molecule has 1 aliphatic heterocycles. The second kappa shape index (κ2) is 10.3. The van der Waals surface area contributed by atoms with Gasteiger partial charge in [-0.25, -0.2) is 14.3 Å².